The van der Waals surface area contributed by atoms with Gasteiger partial charge in [-0.2, -0.15) is 0 Å². The number of carboxylic acid groups (broad SMARTS) is 1. The molecule has 2 saturated heterocycles. The topological polar surface area (TPSA) is 332 Å². The number of aliphatic hydroxyl groups excluding tert-OH is 7. The minimum Gasteiger partial charge on any atom is -0.508 e. The van der Waals surface area contributed by atoms with Crippen molar-refractivity contribution in [1.29, 1.82) is 0 Å². The van der Waals surface area contributed by atoms with Gasteiger partial charge in [0, 0.05) is 17.7 Å². The van der Waals surface area contributed by atoms with Crippen molar-refractivity contribution in [2.75, 3.05) is 13.2 Å². The van der Waals surface area contributed by atoms with E-state index in [1.165, 1.54) is 6.08 Å². The molecule has 11 unspecified atom stereocenters. The second-order valence-corrected chi connectivity index (χ2v) is 11.5. The first kappa shape index (κ1) is 36.6. The van der Waals surface area contributed by atoms with Crippen LogP contribution in [0.3, 0.4) is 0 Å². The van der Waals surface area contributed by atoms with E-state index in [-0.39, 0.29) is 28.4 Å². The molecule has 0 saturated carbocycles. The van der Waals surface area contributed by atoms with Gasteiger partial charge in [-0.15, -0.1) is 0 Å². The number of hydrogen-bond acceptors (Lipinski definition) is 19. The number of rotatable bonds is 10. The van der Waals surface area contributed by atoms with Crippen molar-refractivity contribution < 1.29 is 99.3 Å². The Morgan fingerprint density at radius 2 is 1.32 bits per heavy atom. The van der Waals surface area contributed by atoms with Crippen LogP contribution in [0.2, 0.25) is 0 Å². The minimum atomic E-state index is -1.96. The third kappa shape index (κ3) is 7.43. The molecule has 3 aliphatic rings. The van der Waals surface area contributed by atoms with Crippen molar-refractivity contribution in [1.82, 2.24) is 0 Å². The van der Waals surface area contributed by atoms with Crippen LogP contribution in [0.1, 0.15) is 23.7 Å². The van der Waals surface area contributed by atoms with Gasteiger partial charge in [0.1, 0.15) is 84.9 Å². The summed E-state index contributed by atoms with van der Waals surface area (Å²) in [6.07, 6.45) is -19.1. The molecule has 11 atom stereocenters. The average Bonchev–Trinajstić information content (AvgIpc) is 3.06. The maximum Gasteiger partial charge on any atom is 0.317 e. The predicted molar refractivity (Wildman–Crippen MR) is 156 cm³/mol. The number of aliphatic hydroxyl groups is 7. The molecule has 5 rings (SSSR count). The lowest BCUT2D eigenvalue weighted by atomic mass is 9.98. The van der Waals surface area contributed by atoms with Crippen LogP contribution in [0, 0.1) is 0 Å². The van der Waals surface area contributed by atoms with Crippen molar-refractivity contribution in [2.45, 2.75) is 73.9 Å². The molecule has 0 spiro atoms. The van der Waals surface area contributed by atoms with E-state index in [4.69, 9.17) is 33.5 Å². The zero-order valence-electron chi connectivity index (χ0n) is 25.5. The number of ether oxygens (including phenoxy) is 6. The number of benzene rings is 2. The highest BCUT2D eigenvalue weighted by Crippen LogP contribution is 2.47. The van der Waals surface area contributed by atoms with Gasteiger partial charge < -0.3 is 89.7 Å². The highest BCUT2D eigenvalue weighted by atomic mass is 16.7. The van der Waals surface area contributed by atoms with Crippen LogP contribution in [-0.2, 0) is 28.5 Å². The largest absolute Gasteiger partial charge is 0.508 e. The summed E-state index contributed by atoms with van der Waals surface area (Å²) < 4.78 is 33.4. The van der Waals surface area contributed by atoms with Gasteiger partial charge in [-0.3, -0.25) is 9.59 Å². The van der Waals surface area contributed by atoms with Crippen molar-refractivity contribution in [3.63, 3.8) is 0 Å². The smallest absolute Gasteiger partial charge is 0.317 e. The number of aromatic hydroxyl groups is 4. The van der Waals surface area contributed by atoms with E-state index in [0.29, 0.717) is 0 Å². The first-order chi connectivity index (χ1) is 23.6. The summed E-state index contributed by atoms with van der Waals surface area (Å²) in [6, 6.07) is 4.07. The molecule has 50 heavy (non-hydrogen) atoms. The maximum atomic E-state index is 11.7. The number of fused-ring (bicyclic) bond motifs is 1. The van der Waals surface area contributed by atoms with Gasteiger partial charge in [0.05, 0.1) is 12.2 Å². The van der Waals surface area contributed by atoms with Crippen molar-refractivity contribution in [3.8, 4) is 34.5 Å². The quantitative estimate of drug-likeness (QED) is 0.0663. The molecule has 0 amide bonds. The van der Waals surface area contributed by atoms with E-state index in [0.717, 1.165) is 24.3 Å². The van der Waals surface area contributed by atoms with E-state index < -0.39 is 122 Å². The second-order valence-electron chi connectivity index (χ2n) is 11.5. The van der Waals surface area contributed by atoms with E-state index in [9.17, 15) is 65.8 Å². The fraction of sp³-hybridized carbons (Fsp3) is 0.467. The fourth-order valence-corrected chi connectivity index (χ4v) is 5.36. The van der Waals surface area contributed by atoms with E-state index >= 15 is 0 Å². The highest BCUT2D eigenvalue weighted by Gasteiger charge is 2.47. The number of phenolic OH excluding ortho intramolecular Hbond substituents is 4. The number of hydrogen-bond donors (Lipinski definition) is 12. The Balaban J connectivity index is 1.50. The summed E-state index contributed by atoms with van der Waals surface area (Å²) in [5, 5.41) is 122. The number of carboxylic acids is 1. The summed E-state index contributed by atoms with van der Waals surface area (Å²) in [6.45, 7) is -1.56. The predicted octanol–water partition coefficient (Wildman–Crippen LogP) is -3.00. The van der Waals surface area contributed by atoms with Crippen LogP contribution in [0.4, 0.5) is 0 Å². The molecule has 20 nitrogen and oxygen atoms in total. The maximum absolute atomic E-state index is 11.7. The number of esters is 1. The molecule has 2 aromatic carbocycles. The van der Waals surface area contributed by atoms with Crippen LogP contribution in [0.25, 0.3) is 6.08 Å². The van der Waals surface area contributed by atoms with Gasteiger partial charge in [-0.1, -0.05) is 0 Å². The average molecular weight is 715 g/mol. The monoisotopic (exact) mass is 714 g/mol. The lowest BCUT2D eigenvalue weighted by molar-refractivity contribution is -0.293. The normalized spacial score (nSPS) is 32.2. The molecule has 2 aromatic rings. The molecule has 3 heterocycles. The Kier molecular flexibility index (Phi) is 10.8. The number of aliphatic carboxylic acids is 1. The van der Waals surface area contributed by atoms with E-state index in [1.807, 2.05) is 0 Å². The molecular weight excluding hydrogens is 680 g/mol. The van der Waals surface area contributed by atoms with E-state index in [1.54, 1.807) is 0 Å². The summed E-state index contributed by atoms with van der Waals surface area (Å²) >= 11 is 0. The summed E-state index contributed by atoms with van der Waals surface area (Å²) in [5.74, 6) is -6.43. The first-order valence-electron chi connectivity index (χ1n) is 14.8. The van der Waals surface area contributed by atoms with Gasteiger partial charge in [-0.05, 0) is 18.2 Å². The van der Waals surface area contributed by atoms with Crippen LogP contribution in [-0.4, -0.2) is 148 Å². The van der Waals surface area contributed by atoms with Gasteiger partial charge in [-0.25, -0.2) is 0 Å². The zero-order valence-corrected chi connectivity index (χ0v) is 25.5. The van der Waals surface area contributed by atoms with Crippen LogP contribution >= 0.6 is 0 Å². The zero-order chi connectivity index (χ0) is 36.6. The second kappa shape index (κ2) is 14.7. The Hall–Kier alpha value is -4.64. The Bertz CT molecular complexity index is 1590. The van der Waals surface area contributed by atoms with Crippen molar-refractivity contribution in [3.05, 3.63) is 41.2 Å². The van der Waals surface area contributed by atoms with Gasteiger partial charge in [0.15, 0.2) is 23.4 Å². The number of carbonyl (C=O) groups is 2. The third-order valence-corrected chi connectivity index (χ3v) is 7.99. The SMILES string of the molecule is O=C(O)CC(=O)OCC1OC(Oc2cc(O)cc3c2C=C(OC2OC(CO)C(O)C(O)C2O)C(c2cc(O)c(O)c(O)c2)O3)C(O)C(O)C1O. The van der Waals surface area contributed by atoms with Crippen molar-refractivity contribution in [2.24, 2.45) is 0 Å². The lowest BCUT2D eigenvalue weighted by Crippen LogP contribution is -2.60. The molecule has 3 aliphatic heterocycles. The highest BCUT2D eigenvalue weighted by molar-refractivity contribution is 5.90. The Labute approximate surface area is 280 Å². The van der Waals surface area contributed by atoms with E-state index in [2.05, 4.69) is 0 Å². The van der Waals surface area contributed by atoms with Gasteiger partial charge >= 0.3 is 11.9 Å². The fourth-order valence-electron chi connectivity index (χ4n) is 5.36. The lowest BCUT2D eigenvalue weighted by Gasteiger charge is -2.41. The van der Waals surface area contributed by atoms with Crippen molar-refractivity contribution >= 4 is 18.0 Å². The number of carbonyl (C=O) groups excluding carboxylic acids is 1. The van der Waals surface area contributed by atoms with Gasteiger partial charge in [0.2, 0.25) is 12.6 Å². The molecule has 20 heteroatoms. The molecule has 2 fully saturated rings. The standard InChI is InChI=1S/C30H34O20/c31-7-17-22(39)24(41)26(43)30(49-17)48-16-5-11-14(46-28(16)9-1-12(33)21(38)13(34)2-9)3-10(32)4-15(11)47-29-27(44)25(42)23(40)18(50-29)8-45-20(37)6-19(35)36/h1-5,17-18,22-34,38-44H,6-8H2,(H,35,36). The summed E-state index contributed by atoms with van der Waals surface area (Å²) in [5.41, 5.74) is -0.153. The molecule has 0 bridgehead atoms. The minimum absolute atomic E-state index is 0.0754. The summed E-state index contributed by atoms with van der Waals surface area (Å²) in [7, 11) is 0. The van der Waals surface area contributed by atoms with Crippen LogP contribution in [0.15, 0.2) is 30.0 Å². The summed E-state index contributed by atoms with van der Waals surface area (Å²) in [4.78, 5) is 22.5. The third-order valence-electron chi connectivity index (χ3n) is 7.99. The Morgan fingerprint density at radius 3 is 1.92 bits per heavy atom. The number of phenols is 4. The van der Waals surface area contributed by atoms with Crippen LogP contribution < -0.4 is 9.47 Å². The Morgan fingerprint density at radius 1 is 0.740 bits per heavy atom. The molecular formula is C30H34O20. The molecule has 274 valence electrons. The molecule has 0 aliphatic carbocycles. The molecule has 0 aromatic heterocycles. The van der Waals surface area contributed by atoms with Crippen LogP contribution in [0.5, 0.6) is 34.5 Å². The molecule has 0 radical (unpaired) electrons. The first-order valence-corrected chi connectivity index (χ1v) is 14.8. The molecule has 12 N–H and O–H groups in total. The van der Waals surface area contributed by atoms with Gasteiger partial charge in [0.25, 0.3) is 0 Å².